The molecule has 1 aliphatic rings. The van der Waals surface area contributed by atoms with E-state index in [0.29, 0.717) is 5.92 Å². The maximum absolute atomic E-state index is 12.4. The van der Waals surface area contributed by atoms with Crippen LogP contribution in [0.5, 0.6) is 0 Å². The van der Waals surface area contributed by atoms with Gasteiger partial charge in [0.2, 0.25) is 0 Å². The Balaban J connectivity index is 1.38. The fraction of sp³-hybridized carbons (Fsp3) is 0.440. The number of carbonyl (C=O) groups is 1. The molecule has 0 N–H and O–H groups in total. The van der Waals surface area contributed by atoms with E-state index in [2.05, 4.69) is 62.3 Å². The van der Waals surface area contributed by atoms with Crippen molar-refractivity contribution in [1.29, 1.82) is 0 Å². The Morgan fingerprint density at radius 3 is 2.34 bits per heavy atom. The lowest BCUT2D eigenvalue weighted by Crippen LogP contribution is -2.40. The van der Waals surface area contributed by atoms with Crippen LogP contribution in [-0.2, 0) is 21.5 Å². The smallest absolute Gasteiger partial charge is 0.263 e. The molecule has 154 valence electrons. The van der Waals surface area contributed by atoms with Crippen molar-refractivity contribution in [3.8, 4) is 0 Å². The Hall–Kier alpha value is -2.62. The molecular weight excluding hydrogens is 360 g/mol. The van der Waals surface area contributed by atoms with Crippen LogP contribution in [0.1, 0.15) is 50.3 Å². The van der Waals surface area contributed by atoms with E-state index in [1.54, 1.807) is 6.21 Å². The van der Waals surface area contributed by atoms with Gasteiger partial charge in [-0.2, -0.15) is 0 Å². The molecular formula is C25H32N2O2. The van der Waals surface area contributed by atoms with E-state index < -0.39 is 0 Å². The number of likely N-dealkylation sites (tertiary alicyclic amines) is 1. The summed E-state index contributed by atoms with van der Waals surface area (Å²) in [5, 5.41) is 3.97. The average Bonchev–Trinajstić information content (AvgIpc) is 2.72. The van der Waals surface area contributed by atoms with Gasteiger partial charge in [-0.05, 0) is 47.3 Å². The highest BCUT2D eigenvalue weighted by Gasteiger charge is 2.23. The Bertz CT molecular complexity index is 799. The maximum Gasteiger partial charge on any atom is 0.263 e. The van der Waals surface area contributed by atoms with Crippen molar-refractivity contribution in [3.05, 3.63) is 71.3 Å². The van der Waals surface area contributed by atoms with Crippen LogP contribution >= 0.6 is 0 Å². The molecule has 0 radical (unpaired) electrons. The number of amides is 1. The summed E-state index contributed by atoms with van der Waals surface area (Å²) in [6.07, 6.45) is 4.84. The third kappa shape index (κ3) is 6.45. The number of piperidine rings is 1. The van der Waals surface area contributed by atoms with Gasteiger partial charge in [0.1, 0.15) is 0 Å². The number of nitrogens with zero attached hydrogens (tertiary/aromatic N) is 2. The zero-order valence-corrected chi connectivity index (χ0v) is 17.8. The first kappa shape index (κ1) is 21.1. The molecule has 0 bridgehead atoms. The summed E-state index contributed by atoms with van der Waals surface area (Å²) in [5.41, 5.74) is 3.76. The Kier molecular flexibility index (Phi) is 7.08. The summed E-state index contributed by atoms with van der Waals surface area (Å²) < 4.78 is 0. The number of oxime groups is 1. The van der Waals surface area contributed by atoms with Gasteiger partial charge in [0, 0.05) is 13.1 Å². The maximum atomic E-state index is 12.4. The highest BCUT2D eigenvalue weighted by molar-refractivity contribution is 5.80. The van der Waals surface area contributed by atoms with E-state index in [1.807, 2.05) is 23.1 Å². The van der Waals surface area contributed by atoms with Gasteiger partial charge in [0.25, 0.3) is 5.91 Å². The SMILES string of the molecule is CC(C)(C)c1ccc(C=NOCC(=O)N2CCC(Cc3ccccc3)CC2)cc1. The summed E-state index contributed by atoms with van der Waals surface area (Å²) in [4.78, 5) is 19.5. The summed E-state index contributed by atoms with van der Waals surface area (Å²) in [6.45, 7) is 8.18. The monoisotopic (exact) mass is 392 g/mol. The molecule has 29 heavy (non-hydrogen) atoms. The number of rotatable bonds is 6. The summed E-state index contributed by atoms with van der Waals surface area (Å²) in [7, 11) is 0. The van der Waals surface area contributed by atoms with E-state index in [0.717, 1.165) is 37.9 Å². The van der Waals surface area contributed by atoms with E-state index >= 15 is 0 Å². The average molecular weight is 393 g/mol. The topological polar surface area (TPSA) is 41.9 Å². The fourth-order valence-corrected chi connectivity index (χ4v) is 3.69. The predicted octanol–water partition coefficient (Wildman–Crippen LogP) is 4.82. The predicted molar refractivity (Wildman–Crippen MR) is 118 cm³/mol. The van der Waals surface area contributed by atoms with Crippen LogP contribution in [0.3, 0.4) is 0 Å². The van der Waals surface area contributed by atoms with Crippen LogP contribution in [0.2, 0.25) is 0 Å². The van der Waals surface area contributed by atoms with Gasteiger partial charge in [0.05, 0.1) is 6.21 Å². The first-order chi connectivity index (χ1) is 13.9. The Morgan fingerprint density at radius 2 is 1.72 bits per heavy atom. The van der Waals surface area contributed by atoms with Gasteiger partial charge >= 0.3 is 0 Å². The molecule has 0 aliphatic carbocycles. The van der Waals surface area contributed by atoms with Crippen LogP contribution in [0.15, 0.2) is 59.8 Å². The van der Waals surface area contributed by atoms with Gasteiger partial charge in [-0.3, -0.25) is 4.79 Å². The van der Waals surface area contributed by atoms with Gasteiger partial charge in [0.15, 0.2) is 6.61 Å². The lowest BCUT2D eigenvalue weighted by atomic mass is 9.87. The van der Waals surface area contributed by atoms with Crippen molar-refractivity contribution >= 4 is 12.1 Å². The molecule has 3 rings (SSSR count). The molecule has 1 aliphatic heterocycles. The Labute approximate surface area is 174 Å². The summed E-state index contributed by atoms with van der Waals surface area (Å²) in [5.74, 6) is 0.667. The van der Waals surface area contributed by atoms with Crippen molar-refractivity contribution in [3.63, 3.8) is 0 Å². The van der Waals surface area contributed by atoms with E-state index in [4.69, 9.17) is 4.84 Å². The van der Waals surface area contributed by atoms with Gasteiger partial charge in [-0.25, -0.2) is 0 Å². The third-order valence-electron chi connectivity index (χ3n) is 5.58. The van der Waals surface area contributed by atoms with Crippen LogP contribution in [-0.4, -0.2) is 36.7 Å². The van der Waals surface area contributed by atoms with Gasteiger partial charge in [-0.1, -0.05) is 80.5 Å². The second-order valence-electron chi connectivity index (χ2n) is 8.89. The molecule has 0 aromatic heterocycles. The highest BCUT2D eigenvalue weighted by Crippen LogP contribution is 2.22. The number of benzene rings is 2. The molecule has 4 heteroatoms. The molecule has 1 amide bonds. The third-order valence-corrected chi connectivity index (χ3v) is 5.58. The van der Waals surface area contributed by atoms with Crippen molar-refractivity contribution in [2.75, 3.05) is 19.7 Å². The van der Waals surface area contributed by atoms with E-state index in [9.17, 15) is 4.79 Å². The largest absolute Gasteiger partial charge is 0.386 e. The van der Waals surface area contributed by atoms with Crippen LogP contribution < -0.4 is 0 Å². The normalized spacial score (nSPS) is 15.6. The molecule has 2 aromatic carbocycles. The number of carbonyl (C=O) groups excluding carboxylic acids is 1. The fourth-order valence-electron chi connectivity index (χ4n) is 3.69. The first-order valence-electron chi connectivity index (χ1n) is 10.5. The Morgan fingerprint density at radius 1 is 1.07 bits per heavy atom. The number of hydrogen-bond donors (Lipinski definition) is 0. The summed E-state index contributed by atoms with van der Waals surface area (Å²) in [6, 6.07) is 18.8. The van der Waals surface area contributed by atoms with E-state index in [1.165, 1.54) is 11.1 Å². The van der Waals surface area contributed by atoms with Crippen LogP contribution in [0.4, 0.5) is 0 Å². The molecule has 0 atom stereocenters. The molecule has 0 spiro atoms. The zero-order valence-electron chi connectivity index (χ0n) is 17.8. The zero-order chi connectivity index (χ0) is 20.7. The lowest BCUT2D eigenvalue weighted by Gasteiger charge is -2.31. The van der Waals surface area contributed by atoms with Crippen LogP contribution in [0.25, 0.3) is 0 Å². The van der Waals surface area contributed by atoms with Crippen molar-refractivity contribution in [2.45, 2.75) is 45.4 Å². The molecule has 1 fully saturated rings. The minimum atomic E-state index is -0.0000728. The lowest BCUT2D eigenvalue weighted by molar-refractivity contribution is -0.137. The summed E-state index contributed by atoms with van der Waals surface area (Å²) >= 11 is 0. The molecule has 0 unspecified atom stereocenters. The van der Waals surface area contributed by atoms with Gasteiger partial charge in [-0.15, -0.1) is 0 Å². The van der Waals surface area contributed by atoms with Gasteiger partial charge < -0.3 is 9.74 Å². The minimum Gasteiger partial charge on any atom is -0.386 e. The molecule has 1 heterocycles. The number of hydrogen-bond acceptors (Lipinski definition) is 3. The standard InChI is InChI=1S/C25H32N2O2/c1-25(2,3)23-11-9-22(10-12-23)18-26-29-19-24(28)27-15-13-21(14-16-27)17-20-7-5-4-6-8-20/h4-12,18,21H,13-17,19H2,1-3H3. The van der Waals surface area contributed by atoms with Crippen molar-refractivity contribution in [1.82, 2.24) is 4.90 Å². The second kappa shape index (κ2) is 9.73. The van der Waals surface area contributed by atoms with E-state index in [-0.39, 0.29) is 17.9 Å². The second-order valence-corrected chi connectivity index (χ2v) is 8.89. The molecule has 0 saturated carbocycles. The first-order valence-corrected chi connectivity index (χ1v) is 10.5. The molecule has 1 saturated heterocycles. The minimum absolute atomic E-state index is 0.0000728. The molecule has 4 nitrogen and oxygen atoms in total. The molecule has 2 aromatic rings. The quantitative estimate of drug-likeness (QED) is 0.523. The van der Waals surface area contributed by atoms with Crippen molar-refractivity contribution < 1.29 is 9.63 Å². The van der Waals surface area contributed by atoms with Crippen molar-refractivity contribution in [2.24, 2.45) is 11.1 Å². The highest BCUT2D eigenvalue weighted by atomic mass is 16.6. The van der Waals surface area contributed by atoms with Crippen LogP contribution in [0, 0.1) is 5.92 Å².